The molecule has 1 aromatic rings. The average Bonchev–Trinajstić information content (AvgIpc) is 2.42. The maximum atomic E-state index is 4.58. The number of aryl methyl sites for hydroxylation is 2. The third-order valence-electron chi connectivity index (χ3n) is 2.34. The van der Waals surface area contributed by atoms with Crippen LogP contribution in [-0.4, -0.2) is 28.5 Å². The highest BCUT2D eigenvalue weighted by Crippen LogP contribution is 2.17. The number of rotatable bonds is 2. The van der Waals surface area contributed by atoms with Crippen molar-refractivity contribution in [3.8, 4) is 0 Å². The summed E-state index contributed by atoms with van der Waals surface area (Å²) < 4.78 is 0. The number of fused-ring (bicyclic) bond motifs is 1. The van der Waals surface area contributed by atoms with Crippen LogP contribution in [0.4, 0.5) is 0 Å². The number of nitrogens with zero attached hydrogens (tertiary/aromatic N) is 2. The molecule has 0 bridgehead atoms. The lowest BCUT2D eigenvalue weighted by Crippen LogP contribution is -2.11. The highest BCUT2D eigenvalue weighted by Gasteiger charge is 2.10. The van der Waals surface area contributed by atoms with E-state index in [0.717, 1.165) is 25.2 Å². The van der Waals surface area contributed by atoms with Crippen molar-refractivity contribution in [2.45, 2.75) is 19.4 Å². The van der Waals surface area contributed by atoms with E-state index >= 15 is 0 Å². The normalized spacial score (nSPS) is 16.1. The Bertz CT molecular complexity index is 314. The first kappa shape index (κ1) is 9.93. The zero-order valence-corrected chi connectivity index (χ0v) is 9.23. The van der Waals surface area contributed by atoms with Crippen molar-refractivity contribution in [3.63, 3.8) is 0 Å². The molecule has 2 heterocycles. The smallest absolute Gasteiger partial charge is 0.142 e. The topological polar surface area (TPSA) is 37.8 Å². The van der Waals surface area contributed by atoms with Crippen LogP contribution < -0.4 is 5.32 Å². The monoisotopic (exact) mass is 209 g/mol. The number of thioether (sulfide) groups is 1. The quantitative estimate of drug-likeness (QED) is 0.789. The predicted molar refractivity (Wildman–Crippen MR) is 59.5 cm³/mol. The first-order chi connectivity index (χ1) is 6.90. The van der Waals surface area contributed by atoms with E-state index in [1.54, 1.807) is 0 Å². The summed E-state index contributed by atoms with van der Waals surface area (Å²) >= 11 is 2.01. The van der Waals surface area contributed by atoms with E-state index in [9.17, 15) is 0 Å². The third-order valence-corrected chi connectivity index (χ3v) is 3.32. The summed E-state index contributed by atoms with van der Waals surface area (Å²) in [6.07, 6.45) is 4.22. The van der Waals surface area contributed by atoms with Crippen molar-refractivity contribution in [3.05, 3.63) is 23.3 Å². The molecule has 0 atom stereocenters. The average molecular weight is 209 g/mol. The van der Waals surface area contributed by atoms with Gasteiger partial charge in [0.05, 0.1) is 6.54 Å². The van der Waals surface area contributed by atoms with Crippen LogP contribution in [0.25, 0.3) is 0 Å². The second-order valence-corrected chi connectivity index (χ2v) is 4.63. The molecule has 0 aliphatic carbocycles. The minimum atomic E-state index is 0.764. The van der Waals surface area contributed by atoms with E-state index in [2.05, 4.69) is 15.3 Å². The Hall–Kier alpha value is -0.610. The van der Waals surface area contributed by atoms with Gasteiger partial charge in [-0.05, 0) is 37.0 Å². The summed E-state index contributed by atoms with van der Waals surface area (Å²) in [5.41, 5.74) is 2.60. The maximum absolute atomic E-state index is 4.58. The number of nitrogens with one attached hydrogen (secondary N) is 1. The van der Waals surface area contributed by atoms with Gasteiger partial charge in [-0.3, -0.25) is 0 Å². The lowest BCUT2D eigenvalue weighted by Gasteiger charge is -2.05. The largest absolute Gasteiger partial charge is 0.313 e. The first-order valence-electron chi connectivity index (χ1n) is 4.96. The van der Waals surface area contributed by atoms with Gasteiger partial charge in [0.15, 0.2) is 0 Å². The van der Waals surface area contributed by atoms with Gasteiger partial charge in [0.25, 0.3) is 0 Å². The second-order valence-electron chi connectivity index (χ2n) is 3.40. The van der Waals surface area contributed by atoms with Gasteiger partial charge in [-0.15, -0.1) is 0 Å². The highest BCUT2D eigenvalue weighted by atomic mass is 32.2. The van der Waals surface area contributed by atoms with Crippen LogP contribution in [0.2, 0.25) is 0 Å². The minimum Gasteiger partial charge on any atom is -0.313 e. The van der Waals surface area contributed by atoms with Gasteiger partial charge in [0.1, 0.15) is 5.82 Å². The molecule has 0 unspecified atom stereocenters. The number of hydrogen-bond donors (Lipinski definition) is 1. The molecule has 0 amide bonds. The minimum absolute atomic E-state index is 0.764. The molecule has 14 heavy (non-hydrogen) atoms. The van der Waals surface area contributed by atoms with Gasteiger partial charge in [-0.2, -0.15) is 11.8 Å². The van der Waals surface area contributed by atoms with E-state index in [0.29, 0.717) is 0 Å². The zero-order valence-electron chi connectivity index (χ0n) is 8.42. The lowest BCUT2D eigenvalue weighted by molar-refractivity contribution is 0.742. The Balaban J connectivity index is 2.23. The molecule has 76 valence electrons. The molecule has 3 nitrogen and oxygen atoms in total. The summed E-state index contributed by atoms with van der Waals surface area (Å²) in [7, 11) is 1.92. The molecule has 1 aliphatic heterocycles. The van der Waals surface area contributed by atoms with Crippen LogP contribution in [0.1, 0.15) is 17.1 Å². The van der Waals surface area contributed by atoms with Gasteiger partial charge in [-0.25, -0.2) is 9.97 Å². The predicted octanol–water partition coefficient (Wildman–Crippen LogP) is 1.03. The maximum Gasteiger partial charge on any atom is 0.142 e. The SMILES string of the molecule is CNCc1ncc2c(n1)CCSCC2. The molecule has 1 N–H and O–H groups in total. The van der Waals surface area contributed by atoms with E-state index < -0.39 is 0 Å². The molecule has 4 heteroatoms. The van der Waals surface area contributed by atoms with Gasteiger partial charge >= 0.3 is 0 Å². The Morgan fingerprint density at radius 2 is 2.29 bits per heavy atom. The van der Waals surface area contributed by atoms with Gasteiger partial charge in [-0.1, -0.05) is 0 Å². The summed E-state index contributed by atoms with van der Waals surface area (Å²) in [6.45, 7) is 0.764. The summed E-state index contributed by atoms with van der Waals surface area (Å²) in [5, 5.41) is 3.08. The van der Waals surface area contributed by atoms with Crippen molar-refractivity contribution in [1.82, 2.24) is 15.3 Å². The lowest BCUT2D eigenvalue weighted by atomic mass is 10.1. The van der Waals surface area contributed by atoms with Crippen LogP contribution in [0.3, 0.4) is 0 Å². The molecule has 2 rings (SSSR count). The van der Waals surface area contributed by atoms with Crippen molar-refractivity contribution >= 4 is 11.8 Å². The molecule has 0 fully saturated rings. The fourth-order valence-corrected chi connectivity index (χ4v) is 2.51. The molecule has 1 aromatic heterocycles. The fourth-order valence-electron chi connectivity index (χ4n) is 1.61. The molecular weight excluding hydrogens is 194 g/mol. The van der Waals surface area contributed by atoms with Crippen LogP contribution in [0.5, 0.6) is 0 Å². The van der Waals surface area contributed by atoms with Crippen molar-refractivity contribution < 1.29 is 0 Å². The molecular formula is C10H15N3S. The van der Waals surface area contributed by atoms with Crippen LogP contribution >= 0.6 is 11.8 Å². The number of aromatic nitrogens is 2. The fraction of sp³-hybridized carbons (Fsp3) is 0.600. The van der Waals surface area contributed by atoms with Crippen molar-refractivity contribution in [2.75, 3.05) is 18.6 Å². The molecule has 0 radical (unpaired) electrons. The Kier molecular flexibility index (Phi) is 3.37. The van der Waals surface area contributed by atoms with Gasteiger partial charge < -0.3 is 5.32 Å². The van der Waals surface area contributed by atoms with E-state index in [1.165, 1.54) is 22.8 Å². The van der Waals surface area contributed by atoms with Crippen molar-refractivity contribution in [2.24, 2.45) is 0 Å². The standard InChI is InChI=1S/C10H15N3S/c1-11-7-10-12-6-8-2-4-14-5-3-9(8)13-10/h6,11H,2-5,7H2,1H3. The first-order valence-corrected chi connectivity index (χ1v) is 6.11. The van der Waals surface area contributed by atoms with E-state index in [-0.39, 0.29) is 0 Å². The highest BCUT2D eigenvalue weighted by molar-refractivity contribution is 7.99. The Labute approximate surface area is 88.7 Å². The molecule has 0 saturated heterocycles. The Morgan fingerprint density at radius 1 is 1.43 bits per heavy atom. The molecule has 0 saturated carbocycles. The summed E-state index contributed by atoms with van der Waals surface area (Å²) in [4.78, 5) is 8.92. The zero-order chi connectivity index (χ0) is 9.80. The van der Waals surface area contributed by atoms with E-state index in [1.807, 2.05) is 25.0 Å². The van der Waals surface area contributed by atoms with Crippen LogP contribution in [0, 0.1) is 0 Å². The van der Waals surface area contributed by atoms with Gasteiger partial charge in [0.2, 0.25) is 0 Å². The summed E-state index contributed by atoms with van der Waals surface area (Å²) in [6, 6.07) is 0. The molecule has 0 aromatic carbocycles. The second kappa shape index (κ2) is 4.75. The van der Waals surface area contributed by atoms with Gasteiger partial charge in [0, 0.05) is 11.9 Å². The Morgan fingerprint density at radius 3 is 3.14 bits per heavy atom. The van der Waals surface area contributed by atoms with Crippen LogP contribution in [0.15, 0.2) is 6.20 Å². The number of hydrogen-bond acceptors (Lipinski definition) is 4. The molecule has 1 aliphatic rings. The van der Waals surface area contributed by atoms with E-state index in [4.69, 9.17) is 0 Å². The third kappa shape index (κ3) is 2.25. The van der Waals surface area contributed by atoms with Crippen LogP contribution in [-0.2, 0) is 19.4 Å². The molecule has 0 spiro atoms. The van der Waals surface area contributed by atoms with Crippen molar-refractivity contribution in [1.29, 1.82) is 0 Å². The summed E-state index contributed by atoms with van der Waals surface area (Å²) in [5.74, 6) is 3.32.